The predicted molar refractivity (Wildman–Crippen MR) is 107 cm³/mol. The van der Waals surface area contributed by atoms with E-state index in [1.165, 1.54) is 19.2 Å². The van der Waals surface area contributed by atoms with Crippen molar-refractivity contribution in [1.29, 1.82) is 0 Å². The number of nitrogens with one attached hydrogen (secondary N) is 1. The van der Waals surface area contributed by atoms with Crippen molar-refractivity contribution in [1.82, 2.24) is 5.32 Å². The Labute approximate surface area is 173 Å². The van der Waals surface area contributed by atoms with Crippen molar-refractivity contribution in [3.8, 4) is 5.75 Å². The molecule has 9 nitrogen and oxygen atoms in total. The van der Waals surface area contributed by atoms with Crippen LogP contribution in [0.5, 0.6) is 5.75 Å². The van der Waals surface area contributed by atoms with Gasteiger partial charge in [-0.3, -0.25) is 4.79 Å². The minimum absolute atomic E-state index is 0.153. The maximum absolute atomic E-state index is 12.0. The zero-order valence-corrected chi connectivity index (χ0v) is 17.4. The van der Waals surface area contributed by atoms with Gasteiger partial charge in [0.25, 0.3) is 5.91 Å². The van der Waals surface area contributed by atoms with Gasteiger partial charge in [-0.05, 0) is 37.0 Å². The van der Waals surface area contributed by atoms with E-state index < -0.39 is 42.7 Å². The zero-order chi connectivity index (χ0) is 22.3. The molecule has 0 fully saturated rings. The number of esters is 2. The Morgan fingerprint density at radius 1 is 1.13 bits per heavy atom. The first-order valence-electron chi connectivity index (χ1n) is 9.39. The van der Waals surface area contributed by atoms with Crippen molar-refractivity contribution in [2.45, 2.75) is 33.2 Å². The molecule has 1 heterocycles. The lowest BCUT2D eigenvalue weighted by Gasteiger charge is -2.18. The summed E-state index contributed by atoms with van der Waals surface area (Å²) in [6, 6.07) is 5.41. The molecule has 0 bridgehead atoms. The second kappa shape index (κ2) is 10.4. The molecule has 162 valence electrons. The minimum Gasteiger partial charge on any atom is -0.482 e. The molecule has 2 rings (SSSR count). The van der Waals surface area contributed by atoms with Crippen LogP contribution in [-0.2, 0) is 23.9 Å². The van der Waals surface area contributed by atoms with Gasteiger partial charge in [0, 0.05) is 17.5 Å². The average molecular weight is 419 g/mol. The number of rotatable bonds is 9. The molecule has 30 heavy (non-hydrogen) atoms. The lowest BCUT2D eigenvalue weighted by molar-refractivity contribution is -0.151. The molecule has 1 aromatic carbocycles. The fraction of sp³-hybridized carbons (Fsp3) is 0.429. The Bertz CT molecular complexity index is 979. The topological polar surface area (TPSA) is 121 Å². The Morgan fingerprint density at radius 3 is 2.53 bits per heavy atom. The van der Waals surface area contributed by atoms with Crippen LogP contribution >= 0.6 is 0 Å². The molecule has 0 saturated carbocycles. The van der Waals surface area contributed by atoms with Crippen LogP contribution in [0.1, 0.15) is 25.8 Å². The summed E-state index contributed by atoms with van der Waals surface area (Å²) in [4.78, 5) is 47.0. The molecule has 1 N–H and O–H groups in total. The second-order valence-corrected chi connectivity index (χ2v) is 7.13. The number of aryl methyl sites for hydroxylation is 1. The van der Waals surface area contributed by atoms with E-state index in [9.17, 15) is 19.2 Å². The molecule has 1 aromatic heterocycles. The number of benzene rings is 1. The Balaban J connectivity index is 1.85. The van der Waals surface area contributed by atoms with E-state index in [1.54, 1.807) is 19.1 Å². The first kappa shape index (κ1) is 22.9. The van der Waals surface area contributed by atoms with Gasteiger partial charge in [0.2, 0.25) is 0 Å². The van der Waals surface area contributed by atoms with E-state index in [2.05, 4.69) is 10.1 Å². The summed E-state index contributed by atoms with van der Waals surface area (Å²) in [5.74, 6) is -1.50. The Morgan fingerprint density at radius 2 is 1.87 bits per heavy atom. The lowest BCUT2D eigenvalue weighted by Crippen LogP contribution is -2.44. The first-order valence-corrected chi connectivity index (χ1v) is 9.39. The van der Waals surface area contributed by atoms with Crippen LogP contribution in [0.2, 0.25) is 0 Å². The largest absolute Gasteiger partial charge is 0.482 e. The van der Waals surface area contributed by atoms with E-state index >= 15 is 0 Å². The highest BCUT2D eigenvalue weighted by Gasteiger charge is 2.23. The molecule has 0 unspecified atom stereocenters. The quantitative estimate of drug-likeness (QED) is 0.482. The van der Waals surface area contributed by atoms with Crippen LogP contribution in [-0.4, -0.2) is 44.2 Å². The molecule has 9 heteroatoms. The molecule has 0 aliphatic carbocycles. The van der Waals surface area contributed by atoms with Gasteiger partial charge in [0.05, 0.1) is 7.11 Å². The van der Waals surface area contributed by atoms with E-state index in [0.717, 1.165) is 10.9 Å². The minimum atomic E-state index is -0.812. The number of methoxy groups -OCH3 is 1. The van der Waals surface area contributed by atoms with Gasteiger partial charge in [-0.15, -0.1) is 0 Å². The van der Waals surface area contributed by atoms with E-state index in [-0.39, 0.29) is 5.92 Å². The number of amides is 1. The highest BCUT2D eigenvalue weighted by molar-refractivity contribution is 5.86. The highest BCUT2D eigenvalue weighted by Crippen LogP contribution is 2.22. The highest BCUT2D eigenvalue weighted by atomic mass is 16.6. The van der Waals surface area contributed by atoms with Gasteiger partial charge in [-0.1, -0.05) is 13.8 Å². The smallest absolute Gasteiger partial charge is 0.344 e. The van der Waals surface area contributed by atoms with Gasteiger partial charge in [-0.2, -0.15) is 0 Å². The number of ether oxygens (including phenoxy) is 3. The van der Waals surface area contributed by atoms with Gasteiger partial charge in [0.1, 0.15) is 17.4 Å². The lowest BCUT2D eigenvalue weighted by atomic mass is 10.0. The van der Waals surface area contributed by atoms with Crippen LogP contribution in [0.3, 0.4) is 0 Å². The summed E-state index contributed by atoms with van der Waals surface area (Å²) in [6.07, 6.45) is 0.396. The van der Waals surface area contributed by atoms with E-state index in [1.807, 2.05) is 13.8 Å². The number of fused-ring (bicyclic) bond motifs is 1. The van der Waals surface area contributed by atoms with Crippen molar-refractivity contribution in [3.63, 3.8) is 0 Å². The monoisotopic (exact) mass is 419 g/mol. The number of hydrogen-bond acceptors (Lipinski definition) is 8. The maximum Gasteiger partial charge on any atom is 0.344 e. The molecule has 1 amide bonds. The van der Waals surface area contributed by atoms with Gasteiger partial charge < -0.3 is 23.9 Å². The van der Waals surface area contributed by atoms with Crippen LogP contribution < -0.4 is 15.7 Å². The van der Waals surface area contributed by atoms with Crippen LogP contribution in [0.4, 0.5) is 0 Å². The number of hydrogen-bond donors (Lipinski definition) is 1. The van der Waals surface area contributed by atoms with Crippen LogP contribution in [0, 0.1) is 12.8 Å². The summed E-state index contributed by atoms with van der Waals surface area (Å²) >= 11 is 0. The van der Waals surface area contributed by atoms with Crippen LogP contribution in [0.15, 0.2) is 33.5 Å². The molecule has 0 spiro atoms. The maximum atomic E-state index is 12.0. The SMILES string of the molecule is COC(=O)[C@@H](CC(C)C)NC(=O)COC(=O)COc1ccc2c(C)cc(=O)oc2c1. The van der Waals surface area contributed by atoms with Crippen molar-refractivity contribution in [3.05, 3.63) is 40.2 Å². The van der Waals surface area contributed by atoms with Crippen molar-refractivity contribution in [2.24, 2.45) is 5.92 Å². The molecule has 0 aliphatic rings. The third-order valence-electron chi connectivity index (χ3n) is 4.17. The van der Waals surface area contributed by atoms with Gasteiger partial charge in [0.15, 0.2) is 13.2 Å². The third kappa shape index (κ3) is 6.61. The Hall–Kier alpha value is -3.36. The molecule has 2 aromatic rings. The van der Waals surface area contributed by atoms with E-state index in [4.69, 9.17) is 13.9 Å². The molecule has 1 atom stereocenters. The summed E-state index contributed by atoms with van der Waals surface area (Å²) in [6.45, 7) is 4.59. The third-order valence-corrected chi connectivity index (χ3v) is 4.17. The summed E-state index contributed by atoms with van der Waals surface area (Å²) in [7, 11) is 1.23. The van der Waals surface area contributed by atoms with Crippen molar-refractivity contribution >= 4 is 28.8 Å². The normalized spacial score (nSPS) is 11.8. The fourth-order valence-corrected chi connectivity index (χ4v) is 2.79. The Kier molecular flexibility index (Phi) is 7.97. The second-order valence-electron chi connectivity index (χ2n) is 7.13. The summed E-state index contributed by atoms with van der Waals surface area (Å²) in [5.41, 5.74) is 0.621. The van der Waals surface area contributed by atoms with Crippen LogP contribution in [0.25, 0.3) is 11.0 Å². The summed E-state index contributed by atoms with van der Waals surface area (Å²) < 4.78 is 20.0. The average Bonchev–Trinajstić information content (AvgIpc) is 2.68. The summed E-state index contributed by atoms with van der Waals surface area (Å²) in [5, 5.41) is 3.24. The van der Waals surface area contributed by atoms with Crippen molar-refractivity contribution < 1.29 is 33.0 Å². The molecule has 0 aliphatic heterocycles. The molecular formula is C21H25NO8. The predicted octanol–water partition coefficient (Wildman–Crippen LogP) is 1.73. The number of carbonyl (C=O) groups excluding carboxylic acids is 3. The fourth-order valence-electron chi connectivity index (χ4n) is 2.79. The van der Waals surface area contributed by atoms with Gasteiger partial charge in [-0.25, -0.2) is 14.4 Å². The first-order chi connectivity index (χ1) is 14.2. The van der Waals surface area contributed by atoms with Crippen molar-refractivity contribution in [2.75, 3.05) is 20.3 Å². The standard InChI is InChI=1S/C21H25NO8/c1-12(2)7-16(21(26)27-4)22-18(23)10-29-20(25)11-28-14-5-6-15-13(3)8-19(24)30-17(15)9-14/h5-6,8-9,12,16H,7,10-11H2,1-4H3,(H,22,23)/t16-/m1/s1. The number of carbonyl (C=O) groups is 3. The van der Waals surface area contributed by atoms with E-state index in [0.29, 0.717) is 17.8 Å². The zero-order valence-electron chi connectivity index (χ0n) is 17.4. The van der Waals surface area contributed by atoms with Gasteiger partial charge >= 0.3 is 17.6 Å². The molecule has 0 saturated heterocycles. The molecular weight excluding hydrogens is 394 g/mol. The molecule has 0 radical (unpaired) electrons.